The van der Waals surface area contributed by atoms with E-state index in [0.29, 0.717) is 18.4 Å². The lowest BCUT2D eigenvalue weighted by molar-refractivity contribution is -0.266. The van der Waals surface area contributed by atoms with E-state index in [4.69, 9.17) is 42.0 Å². The second-order valence-corrected chi connectivity index (χ2v) is 28.2. The monoisotopic (exact) mass is 1370 g/mol. The van der Waals surface area contributed by atoms with Crippen molar-refractivity contribution >= 4 is 82.8 Å². The number of benzene rings is 3. The number of hydrogen-bond acceptors (Lipinski definition) is 18. The number of alkyl carbamates (subject to hydrolysis) is 1. The highest BCUT2D eigenvalue weighted by molar-refractivity contribution is 6.32. The number of ether oxygens (including phenoxy) is 4. The summed E-state index contributed by atoms with van der Waals surface area (Å²) in [7, 11) is 0. The average molecular weight is 1370 g/mol. The van der Waals surface area contributed by atoms with E-state index in [1.54, 1.807) is 77.9 Å². The number of unbranched alkanes of at least 4 members (excludes halogenated alkanes) is 1. The molecule has 26 heteroatoms. The third-order valence-electron chi connectivity index (χ3n) is 19.9. The summed E-state index contributed by atoms with van der Waals surface area (Å²) in [6.07, 6.45) is -7.73. The zero-order chi connectivity index (χ0) is 71.7. The van der Waals surface area contributed by atoms with Crippen LogP contribution in [-0.4, -0.2) is 141 Å². The summed E-state index contributed by atoms with van der Waals surface area (Å²) < 4.78 is 37.8. The normalized spacial score (nSPS) is 25.6. The molecular weight excluding hydrogens is 1280 g/mol. The zero-order valence-corrected chi connectivity index (χ0v) is 56.8. The average Bonchev–Trinajstić information content (AvgIpc) is 0.674. The van der Waals surface area contributed by atoms with Gasteiger partial charge < -0.3 is 67.0 Å². The summed E-state index contributed by atoms with van der Waals surface area (Å²) in [4.78, 5) is 149. The van der Waals surface area contributed by atoms with E-state index in [1.165, 1.54) is 50.3 Å². The number of carbonyl (C=O) groups is 11. The molecule has 4 aliphatic rings. The van der Waals surface area contributed by atoms with E-state index < -0.39 is 185 Å². The summed E-state index contributed by atoms with van der Waals surface area (Å²) in [6.45, 7) is 14.4. The first-order valence-corrected chi connectivity index (χ1v) is 33.0. The molecule has 24 nitrogen and oxygen atoms in total. The van der Waals surface area contributed by atoms with Crippen LogP contribution in [0.3, 0.4) is 0 Å². The van der Waals surface area contributed by atoms with Crippen LogP contribution in [-0.2, 0) is 62.1 Å². The number of esters is 3. The zero-order valence-electron chi connectivity index (χ0n) is 56.1. The fraction of sp³-hybridized carbons (Fsp3) is 0.535. The van der Waals surface area contributed by atoms with Gasteiger partial charge in [-0.25, -0.2) is 18.8 Å². The smallest absolute Gasteiger partial charge is 0.408 e. The summed E-state index contributed by atoms with van der Waals surface area (Å²) in [5, 5.41) is 48.8. The maximum atomic E-state index is 15.3. The first-order valence-electron chi connectivity index (χ1n) is 32.6. The molecule has 14 atom stereocenters. The van der Waals surface area contributed by atoms with Gasteiger partial charge in [-0.2, -0.15) is 0 Å². The molecule has 0 aliphatic heterocycles. The second-order valence-electron chi connectivity index (χ2n) is 27.8. The predicted octanol–water partition coefficient (Wildman–Crippen LogP) is 6.41. The quantitative estimate of drug-likeness (QED) is 0.0125. The van der Waals surface area contributed by atoms with Gasteiger partial charge >= 0.3 is 24.0 Å². The van der Waals surface area contributed by atoms with E-state index in [0.717, 1.165) is 18.2 Å². The van der Waals surface area contributed by atoms with Gasteiger partial charge in [0.25, 0.3) is 0 Å². The number of Topliss-reactive ketones (excluding diaryl/α,β-unsaturated/α-hetero) is 2. The number of hydrogen-bond donors (Lipinski definition) is 9. The van der Waals surface area contributed by atoms with Crippen molar-refractivity contribution < 1.29 is 91.4 Å². The Bertz CT molecular complexity index is 3540. The van der Waals surface area contributed by atoms with Gasteiger partial charge in [0.15, 0.2) is 11.6 Å². The van der Waals surface area contributed by atoms with Crippen LogP contribution >= 0.6 is 11.6 Å². The molecule has 3 saturated carbocycles. The van der Waals surface area contributed by atoms with Crippen molar-refractivity contribution in [3.05, 3.63) is 124 Å². The van der Waals surface area contributed by atoms with Gasteiger partial charge in [0.05, 0.1) is 34.6 Å². The fourth-order valence-corrected chi connectivity index (χ4v) is 14.4. The van der Waals surface area contributed by atoms with Crippen LogP contribution in [0.2, 0.25) is 5.02 Å². The Morgan fingerprint density at radius 2 is 1.48 bits per heavy atom. The van der Waals surface area contributed by atoms with Gasteiger partial charge in [-0.15, -0.1) is 0 Å². The van der Waals surface area contributed by atoms with Crippen LogP contribution < -0.4 is 32.7 Å². The molecule has 97 heavy (non-hydrogen) atoms. The molecule has 3 aromatic carbocycles. The minimum atomic E-state index is -2.28. The molecule has 7 rings (SSSR count). The van der Waals surface area contributed by atoms with E-state index in [1.807, 2.05) is 6.92 Å². The van der Waals surface area contributed by atoms with E-state index in [-0.39, 0.29) is 78.3 Å². The molecule has 0 radical (unpaired) electrons. The lowest BCUT2D eigenvalue weighted by Crippen LogP contribution is -2.75. The topological polar surface area (TPSA) is 386 Å². The number of rotatable bonds is 28. The molecule has 2 unspecified atom stereocenters. The van der Waals surface area contributed by atoms with Gasteiger partial charge in [-0.3, -0.25) is 38.4 Å². The second kappa shape index (κ2) is 31.4. The van der Waals surface area contributed by atoms with Crippen molar-refractivity contribution in [1.29, 1.82) is 0 Å². The van der Waals surface area contributed by atoms with Crippen molar-refractivity contribution in [2.24, 2.45) is 45.5 Å². The number of aliphatic hydroxyl groups is 3. The Labute approximate surface area is 567 Å². The van der Waals surface area contributed by atoms with Gasteiger partial charge in [0.2, 0.25) is 35.6 Å². The Hall–Kier alpha value is -8.39. The Balaban J connectivity index is 1.01. The fourth-order valence-electron chi connectivity index (χ4n) is 14.2. The highest BCUT2D eigenvalue weighted by Gasteiger charge is 2.74. The number of ketones is 2. The third-order valence-corrected chi connectivity index (χ3v) is 20.2. The van der Waals surface area contributed by atoms with Crippen molar-refractivity contribution in [2.75, 3.05) is 6.54 Å². The number of primary amides is 2. The van der Waals surface area contributed by atoms with Gasteiger partial charge in [0.1, 0.15) is 47.4 Å². The molecule has 3 fully saturated rings. The van der Waals surface area contributed by atoms with Crippen LogP contribution in [0.15, 0.2) is 96.1 Å². The summed E-state index contributed by atoms with van der Waals surface area (Å²) >= 11 is 6.00. The maximum absolute atomic E-state index is 15.3. The van der Waals surface area contributed by atoms with Crippen LogP contribution in [0.4, 0.5) is 9.18 Å². The summed E-state index contributed by atoms with van der Waals surface area (Å²) in [5.74, 6) is -11.3. The van der Waals surface area contributed by atoms with E-state index >= 15 is 9.59 Å². The number of aliphatic hydroxyl groups excluding tert-OH is 2. The number of nitrogens with one attached hydrogen (secondary N) is 4. The summed E-state index contributed by atoms with van der Waals surface area (Å²) in [5.41, 5.74) is 4.41. The Morgan fingerprint density at radius 1 is 0.825 bits per heavy atom. The molecule has 11 N–H and O–H groups in total. The van der Waals surface area contributed by atoms with E-state index in [9.17, 15) is 62.9 Å². The lowest BCUT2D eigenvalue weighted by atomic mass is 9.37. The Kier molecular flexibility index (Phi) is 24.6. The van der Waals surface area contributed by atoms with Crippen molar-refractivity contribution in [1.82, 2.24) is 21.3 Å². The molecule has 0 aromatic heterocycles. The lowest BCUT2D eigenvalue weighted by Gasteiger charge is -2.68. The predicted molar refractivity (Wildman–Crippen MR) is 351 cm³/mol. The van der Waals surface area contributed by atoms with Crippen LogP contribution in [0.5, 0.6) is 0 Å². The molecule has 2 bridgehead atoms. The highest BCUT2D eigenvalue weighted by Crippen LogP contribution is 2.69. The molecule has 0 spiro atoms. The van der Waals surface area contributed by atoms with E-state index in [2.05, 4.69) is 21.3 Å². The highest BCUT2D eigenvalue weighted by atomic mass is 35.5. The maximum Gasteiger partial charge on any atom is 0.408 e. The van der Waals surface area contributed by atoms with Crippen LogP contribution in [0.25, 0.3) is 6.08 Å². The molecule has 3 aromatic rings. The van der Waals surface area contributed by atoms with Crippen LogP contribution in [0.1, 0.15) is 167 Å². The standard InChI is InChI=1S/C71H90ClFN6O18/c1-38-49(37-71(93)61(96-64(90)42-20-14-11-15-21-42)59-69(8)32-31-44(69)35-50(81)70(59,9)60(87)57(86)55(38)68(71,6)7)94-65(91)58(56(41-18-12-10-13-19-41)79-66(92)97-67(3,4)5)95-54(85)30-29-51(82)76-33-17-16-22-47(63(75)89)78-53(84)28-25-43(62(74)88)34-48(80)39(2)77-52(83)27-24-40-23-26-45(73)36-46(40)72/h10-15,18-21,23-24,26-27,36,39,43-44,47,49-50,56-59,61,81,86,93H,16-17,22,25,28-35,37H2,1-9H3,(H2,74,88)(H2,75,89)(H,76,82)(H,77,83)(H,78,84)(H,79,92)/b27-24+/t39?,43-,44-,47?,49+,50+,56+,57-,58-,59-,61+,69-,70-,71-/m1/s1. The molecule has 0 saturated heterocycles. The van der Waals surface area contributed by atoms with Gasteiger partial charge in [-0.1, -0.05) is 87.0 Å². The number of fused-ring (bicyclic) bond motifs is 5. The van der Waals surface area contributed by atoms with Gasteiger partial charge in [-0.05, 0) is 150 Å². The largest absolute Gasteiger partial charge is 0.455 e. The van der Waals surface area contributed by atoms with Crippen molar-refractivity contribution in [3.63, 3.8) is 0 Å². The first-order chi connectivity index (χ1) is 45.4. The third kappa shape index (κ3) is 17.7. The minimum absolute atomic E-state index is 0.0244. The first kappa shape index (κ1) is 76.0. The number of amides is 6. The number of halogens is 2. The van der Waals surface area contributed by atoms with Crippen LogP contribution in [0, 0.1) is 39.8 Å². The molecule has 0 heterocycles. The number of carbonyl (C=O) groups excluding carboxylic acids is 11. The molecule has 526 valence electrons. The Morgan fingerprint density at radius 3 is 2.09 bits per heavy atom. The molecular formula is C71H90ClFN6O18. The molecule has 6 amide bonds. The van der Waals surface area contributed by atoms with Gasteiger partial charge in [0, 0.05) is 55.6 Å². The van der Waals surface area contributed by atoms with Crippen molar-refractivity contribution in [3.8, 4) is 0 Å². The van der Waals surface area contributed by atoms with Crippen molar-refractivity contribution in [2.45, 2.75) is 199 Å². The number of nitrogens with two attached hydrogens (primary N) is 2. The summed E-state index contributed by atoms with van der Waals surface area (Å²) in [6, 6.07) is 15.7. The minimum Gasteiger partial charge on any atom is -0.455 e. The molecule has 4 aliphatic carbocycles. The SMILES string of the molecule is CC1=C2[C@@H](O)C(=O)[C@@]3(C)[C@H]([C@H](OC(=O)c4ccccc4)[C@](O)(C[C@@H]1OC(=O)[C@H](OC(=O)CCC(=O)NCCCCC(NC(=O)CC[C@H](CC(=O)C(C)NC(=O)/C=C/c1ccc(F)cc1Cl)C(N)=O)C(N)=O)[C@@H](NC(=O)OC(C)(C)C)c1ccccc1)C2(C)C)[C@]1(C)CC[C@@H]1C[C@@H]3O.